The summed E-state index contributed by atoms with van der Waals surface area (Å²) >= 11 is 0. The highest BCUT2D eigenvalue weighted by molar-refractivity contribution is 5.31. The first-order valence-corrected chi connectivity index (χ1v) is 6.31. The number of nitrogens with one attached hydrogen (secondary N) is 1. The van der Waals surface area contributed by atoms with Crippen molar-refractivity contribution in [1.82, 2.24) is 5.43 Å². The summed E-state index contributed by atoms with van der Waals surface area (Å²) in [6, 6.07) is 8.32. The van der Waals surface area contributed by atoms with Crippen LogP contribution in [0.5, 0.6) is 5.75 Å². The van der Waals surface area contributed by atoms with Crippen LogP contribution < -0.4 is 16.0 Å². The maximum Gasteiger partial charge on any atom is 0.120 e. The van der Waals surface area contributed by atoms with Gasteiger partial charge in [-0.1, -0.05) is 32.4 Å². The van der Waals surface area contributed by atoms with Gasteiger partial charge in [-0.25, -0.2) is 0 Å². The van der Waals surface area contributed by atoms with E-state index in [-0.39, 0.29) is 12.1 Å². The van der Waals surface area contributed by atoms with Crippen molar-refractivity contribution in [2.24, 2.45) is 11.8 Å². The number of benzene rings is 1. The van der Waals surface area contributed by atoms with E-state index in [9.17, 15) is 0 Å². The van der Waals surface area contributed by atoms with Gasteiger partial charge in [0, 0.05) is 6.04 Å². The van der Waals surface area contributed by atoms with Crippen LogP contribution in [0.3, 0.4) is 0 Å². The van der Waals surface area contributed by atoms with E-state index in [2.05, 4.69) is 31.4 Å². The Labute approximate surface area is 104 Å². The van der Waals surface area contributed by atoms with Crippen LogP contribution in [0.4, 0.5) is 0 Å². The molecule has 0 heterocycles. The Kier molecular flexibility index (Phi) is 5.45. The molecule has 0 spiro atoms. The summed E-state index contributed by atoms with van der Waals surface area (Å²) in [7, 11) is 0. The van der Waals surface area contributed by atoms with Gasteiger partial charge in [0.25, 0.3) is 0 Å². The number of rotatable bonds is 6. The molecule has 2 atom stereocenters. The number of nitrogens with two attached hydrogens (primary N) is 1. The van der Waals surface area contributed by atoms with E-state index in [1.807, 2.05) is 26.0 Å². The zero-order valence-corrected chi connectivity index (χ0v) is 11.2. The highest BCUT2D eigenvalue weighted by Crippen LogP contribution is 2.26. The molecule has 0 aliphatic rings. The quantitative estimate of drug-likeness (QED) is 0.589. The molecule has 3 heteroatoms. The molecular weight excluding hydrogens is 212 g/mol. The summed E-state index contributed by atoms with van der Waals surface area (Å²) in [6.45, 7) is 8.42. The van der Waals surface area contributed by atoms with Gasteiger partial charge in [0.15, 0.2) is 0 Å². The van der Waals surface area contributed by atoms with Crippen molar-refractivity contribution in [3.05, 3.63) is 29.8 Å². The van der Waals surface area contributed by atoms with Gasteiger partial charge in [0.05, 0.1) is 6.10 Å². The van der Waals surface area contributed by atoms with Crippen molar-refractivity contribution < 1.29 is 4.74 Å². The number of hydrogen-bond donors (Lipinski definition) is 2. The number of hydrazine groups is 1. The third kappa shape index (κ3) is 4.02. The molecule has 1 rings (SSSR count). The van der Waals surface area contributed by atoms with Gasteiger partial charge in [-0.15, -0.1) is 0 Å². The second-order valence-corrected chi connectivity index (χ2v) is 4.77. The lowest BCUT2D eigenvalue weighted by Crippen LogP contribution is -2.32. The van der Waals surface area contributed by atoms with E-state index in [0.717, 1.165) is 12.2 Å². The van der Waals surface area contributed by atoms with Gasteiger partial charge >= 0.3 is 0 Å². The van der Waals surface area contributed by atoms with E-state index in [0.29, 0.717) is 5.92 Å². The van der Waals surface area contributed by atoms with Crippen LogP contribution in [-0.4, -0.2) is 6.10 Å². The first-order chi connectivity index (χ1) is 8.08. The standard InChI is InChI=1S/C14H24N2O/c1-5-11(4)14(16-15)12-7-6-8-13(9-12)17-10(2)3/h6-11,14,16H,5,15H2,1-4H3. The monoisotopic (exact) mass is 236 g/mol. The maximum absolute atomic E-state index is 5.69. The Morgan fingerprint density at radius 3 is 2.53 bits per heavy atom. The highest BCUT2D eigenvalue weighted by Gasteiger charge is 2.16. The van der Waals surface area contributed by atoms with Crippen LogP contribution in [0.15, 0.2) is 24.3 Å². The Balaban J connectivity index is 2.88. The van der Waals surface area contributed by atoms with Gasteiger partial charge in [0.2, 0.25) is 0 Å². The van der Waals surface area contributed by atoms with Crippen LogP contribution in [-0.2, 0) is 0 Å². The molecule has 1 aromatic rings. The van der Waals surface area contributed by atoms with Gasteiger partial charge in [-0.05, 0) is 37.5 Å². The van der Waals surface area contributed by atoms with Gasteiger partial charge in [-0.2, -0.15) is 0 Å². The van der Waals surface area contributed by atoms with E-state index >= 15 is 0 Å². The minimum atomic E-state index is 0.177. The Bertz CT molecular complexity index is 339. The molecule has 0 aromatic heterocycles. The van der Waals surface area contributed by atoms with Crippen LogP contribution in [0, 0.1) is 5.92 Å². The lowest BCUT2D eigenvalue weighted by Gasteiger charge is -2.23. The molecule has 0 bridgehead atoms. The molecule has 3 N–H and O–H groups in total. The van der Waals surface area contributed by atoms with E-state index in [4.69, 9.17) is 10.6 Å². The molecule has 0 aliphatic carbocycles. The largest absolute Gasteiger partial charge is 0.491 e. The lowest BCUT2D eigenvalue weighted by molar-refractivity contribution is 0.241. The average Bonchev–Trinajstić information content (AvgIpc) is 2.29. The summed E-state index contributed by atoms with van der Waals surface area (Å²) < 4.78 is 5.69. The summed E-state index contributed by atoms with van der Waals surface area (Å²) in [6.07, 6.45) is 1.28. The normalized spacial score (nSPS) is 14.7. The summed E-state index contributed by atoms with van der Waals surface area (Å²) in [4.78, 5) is 0. The molecule has 0 amide bonds. The van der Waals surface area contributed by atoms with Crippen molar-refractivity contribution in [1.29, 1.82) is 0 Å². The molecule has 1 aromatic carbocycles. The van der Waals surface area contributed by atoms with Gasteiger partial charge < -0.3 is 4.74 Å². The summed E-state index contributed by atoms with van der Waals surface area (Å²) in [5.41, 5.74) is 4.07. The van der Waals surface area contributed by atoms with Crippen LogP contribution >= 0.6 is 0 Å². The minimum Gasteiger partial charge on any atom is -0.491 e. The molecule has 2 unspecified atom stereocenters. The van der Waals surface area contributed by atoms with Crippen LogP contribution in [0.25, 0.3) is 0 Å². The molecule has 0 saturated carbocycles. The highest BCUT2D eigenvalue weighted by atomic mass is 16.5. The van der Waals surface area contributed by atoms with E-state index < -0.39 is 0 Å². The van der Waals surface area contributed by atoms with Crippen molar-refractivity contribution in [2.75, 3.05) is 0 Å². The Hall–Kier alpha value is -1.06. The second-order valence-electron chi connectivity index (χ2n) is 4.77. The topological polar surface area (TPSA) is 47.3 Å². The molecule has 0 fully saturated rings. The third-order valence-electron chi connectivity index (χ3n) is 2.98. The van der Waals surface area contributed by atoms with Gasteiger partial charge in [0.1, 0.15) is 5.75 Å². The molecule has 0 radical (unpaired) electrons. The first kappa shape index (κ1) is 14.0. The molecule has 17 heavy (non-hydrogen) atoms. The SMILES string of the molecule is CCC(C)C(NN)c1cccc(OC(C)C)c1. The smallest absolute Gasteiger partial charge is 0.120 e. The van der Waals surface area contributed by atoms with E-state index in [1.165, 1.54) is 5.56 Å². The fourth-order valence-electron chi connectivity index (χ4n) is 1.88. The zero-order chi connectivity index (χ0) is 12.8. The first-order valence-electron chi connectivity index (χ1n) is 6.31. The number of hydrogen-bond acceptors (Lipinski definition) is 3. The van der Waals surface area contributed by atoms with Crippen molar-refractivity contribution in [2.45, 2.75) is 46.3 Å². The summed E-state index contributed by atoms with van der Waals surface area (Å²) in [5.74, 6) is 7.04. The number of ether oxygens (including phenoxy) is 1. The minimum absolute atomic E-state index is 0.177. The molecule has 0 saturated heterocycles. The second kappa shape index (κ2) is 6.62. The fraction of sp³-hybridized carbons (Fsp3) is 0.571. The van der Waals surface area contributed by atoms with Crippen molar-refractivity contribution in [3.8, 4) is 5.75 Å². The van der Waals surface area contributed by atoms with Gasteiger partial charge in [-0.3, -0.25) is 11.3 Å². The van der Waals surface area contributed by atoms with Crippen molar-refractivity contribution in [3.63, 3.8) is 0 Å². The van der Waals surface area contributed by atoms with E-state index in [1.54, 1.807) is 0 Å². The fourth-order valence-corrected chi connectivity index (χ4v) is 1.88. The third-order valence-corrected chi connectivity index (χ3v) is 2.98. The van der Waals surface area contributed by atoms with Crippen LogP contribution in [0.1, 0.15) is 45.7 Å². The average molecular weight is 236 g/mol. The predicted molar refractivity (Wildman–Crippen MR) is 71.7 cm³/mol. The Morgan fingerprint density at radius 1 is 1.29 bits per heavy atom. The zero-order valence-electron chi connectivity index (χ0n) is 11.2. The molecule has 0 aliphatic heterocycles. The summed E-state index contributed by atoms with van der Waals surface area (Å²) in [5, 5.41) is 0. The maximum atomic E-state index is 5.69. The predicted octanol–water partition coefficient (Wildman–Crippen LogP) is 3.02. The Morgan fingerprint density at radius 2 is 2.00 bits per heavy atom. The molecular formula is C14H24N2O. The van der Waals surface area contributed by atoms with Crippen molar-refractivity contribution >= 4 is 0 Å². The lowest BCUT2D eigenvalue weighted by atomic mass is 9.93. The molecule has 3 nitrogen and oxygen atoms in total. The molecule has 96 valence electrons. The van der Waals surface area contributed by atoms with Crippen LogP contribution in [0.2, 0.25) is 0 Å².